The maximum Gasteiger partial charge on any atom is 0.408 e. The Balaban J connectivity index is 0.000000531. The van der Waals surface area contributed by atoms with Crippen LogP contribution in [0.15, 0.2) is 0 Å². The number of nitrogens with one attached hydrogen (secondary N) is 1. The highest BCUT2D eigenvalue weighted by molar-refractivity contribution is 5.91. The number of esters is 1. The van der Waals surface area contributed by atoms with Gasteiger partial charge in [-0.2, -0.15) is 0 Å². The van der Waals surface area contributed by atoms with E-state index in [1.165, 1.54) is 0 Å². The number of Topliss-reactive ketones (excluding diaryl/α,β-unsaturated/α-hetero) is 2. The highest BCUT2D eigenvalue weighted by Gasteiger charge is 2.51. The highest BCUT2D eigenvalue weighted by Crippen LogP contribution is 2.47. The van der Waals surface area contributed by atoms with E-state index in [1.807, 2.05) is 0 Å². The summed E-state index contributed by atoms with van der Waals surface area (Å²) < 4.78 is 9.75. The summed E-state index contributed by atoms with van der Waals surface area (Å²) in [6.07, 6.45) is 4.01. The molecule has 210 valence electrons. The lowest BCUT2D eigenvalue weighted by Gasteiger charge is -2.20. The zero-order chi connectivity index (χ0) is 26.9. The quantitative estimate of drug-likeness (QED) is 0.250. The van der Waals surface area contributed by atoms with E-state index in [9.17, 15) is 19.2 Å². The summed E-state index contributed by atoms with van der Waals surface area (Å²) in [6.45, 7) is 7.21. The predicted octanol–water partition coefficient (Wildman–Crippen LogP) is 0.883. The van der Waals surface area contributed by atoms with Gasteiger partial charge in [-0.05, 0) is 66.2 Å². The first-order valence-electron chi connectivity index (χ1n) is 12.0. The predicted molar refractivity (Wildman–Crippen MR) is 133 cm³/mol. The molecule has 0 atom stereocenters. The van der Waals surface area contributed by atoms with E-state index in [4.69, 9.17) is 30.5 Å². The van der Waals surface area contributed by atoms with Crippen molar-refractivity contribution in [3.63, 3.8) is 0 Å². The number of aliphatic hydroxyl groups is 3. The highest BCUT2D eigenvalue weighted by atomic mass is 35.5. The Morgan fingerprint density at radius 2 is 1.25 bits per heavy atom. The van der Waals surface area contributed by atoms with Crippen LogP contribution in [-0.2, 0) is 23.9 Å². The van der Waals surface area contributed by atoms with E-state index in [1.54, 1.807) is 27.7 Å². The Morgan fingerprint density at radius 1 is 0.833 bits per heavy atom. The fraction of sp³-hybridized carbons (Fsp3) is 0.833. The van der Waals surface area contributed by atoms with E-state index in [-0.39, 0.29) is 62.9 Å². The van der Waals surface area contributed by atoms with E-state index in [0.717, 1.165) is 25.7 Å². The first-order chi connectivity index (χ1) is 16.3. The molecule has 6 N–H and O–H groups in total. The maximum atomic E-state index is 11.6. The third-order valence-electron chi connectivity index (χ3n) is 6.34. The van der Waals surface area contributed by atoms with Gasteiger partial charge in [0.25, 0.3) is 0 Å². The molecule has 0 aliphatic heterocycles. The van der Waals surface area contributed by atoms with Gasteiger partial charge in [0.05, 0.1) is 55.8 Å². The van der Waals surface area contributed by atoms with Crippen LogP contribution in [0.1, 0.15) is 66.2 Å². The topological polar surface area (TPSA) is 185 Å². The number of hydrogen-bond acceptors (Lipinski definition) is 10. The van der Waals surface area contributed by atoms with Crippen LogP contribution in [0.5, 0.6) is 0 Å². The number of alkyl carbamates (subject to hydrolysis) is 1. The van der Waals surface area contributed by atoms with Crippen molar-refractivity contribution < 1.29 is 44.0 Å². The SMILES string of the molecule is CC(C)(C)OC(=O)NCC(=O)C1(CO)CC1.CCOC(=O)C1(CO)CC1.Cl.NCC(=O)C1(CO)CC1. The Labute approximate surface area is 218 Å². The number of ether oxygens (including phenoxy) is 2. The minimum atomic E-state index is -0.602. The van der Waals surface area contributed by atoms with Gasteiger partial charge in [-0.25, -0.2) is 4.79 Å². The maximum absolute atomic E-state index is 11.6. The van der Waals surface area contributed by atoms with E-state index < -0.39 is 27.9 Å². The molecule has 0 spiro atoms. The zero-order valence-electron chi connectivity index (χ0n) is 21.8. The average Bonchev–Trinajstić information content (AvgIpc) is 3.70. The molecule has 0 aromatic rings. The van der Waals surface area contributed by atoms with Crippen molar-refractivity contribution in [2.75, 3.05) is 39.5 Å². The van der Waals surface area contributed by atoms with Crippen LogP contribution in [0.2, 0.25) is 0 Å². The number of hydrogen-bond donors (Lipinski definition) is 5. The third kappa shape index (κ3) is 10.3. The van der Waals surface area contributed by atoms with Crippen molar-refractivity contribution in [3.8, 4) is 0 Å². The summed E-state index contributed by atoms with van der Waals surface area (Å²) in [5.74, 6) is -0.358. The Kier molecular flexibility index (Phi) is 13.5. The molecule has 3 aliphatic rings. The molecule has 3 aliphatic carbocycles. The molecule has 0 radical (unpaired) electrons. The molecule has 0 saturated heterocycles. The van der Waals surface area contributed by atoms with Crippen LogP contribution in [0, 0.1) is 16.2 Å². The van der Waals surface area contributed by atoms with Crippen molar-refractivity contribution in [1.29, 1.82) is 0 Å². The van der Waals surface area contributed by atoms with Gasteiger partial charge in [-0.15, -0.1) is 12.4 Å². The van der Waals surface area contributed by atoms with Gasteiger partial charge >= 0.3 is 12.1 Å². The summed E-state index contributed by atoms with van der Waals surface area (Å²) in [5.41, 5.74) is 3.04. The van der Waals surface area contributed by atoms with E-state index >= 15 is 0 Å². The molecular formula is C24H43ClN2O9. The van der Waals surface area contributed by atoms with Crippen molar-refractivity contribution in [1.82, 2.24) is 5.32 Å². The molecule has 0 aromatic carbocycles. The average molecular weight is 539 g/mol. The second kappa shape index (κ2) is 14.2. The lowest BCUT2D eigenvalue weighted by Crippen LogP contribution is -2.38. The standard InChI is InChI=1S/C11H19NO4.C7H12O3.C6H11NO2.ClH/c1-10(2,3)16-9(15)12-6-8(14)11(7-13)4-5-11;1-2-10-6(9)7(5-8)3-4-7;7-3-5(9)6(4-8)1-2-6;/h13H,4-7H2,1-3H3,(H,12,15);8H,2-5H2,1H3;8H,1-4,7H2;1H. The number of nitrogens with two attached hydrogens (primary N) is 1. The molecule has 0 bridgehead atoms. The molecule has 0 heterocycles. The van der Waals surface area contributed by atoms with Gasteiger partial charge in [0.15, 0.2) is 11.6 Å². The summed E-state index contributed by atoms with van der Waals surface area (Å²) in [5, 5.41) is 28.8. The lowest BCUT2D eigenvalue weighted by molar-refractivity contribution is -0.151. The van der Waals surface area contributed by atoms with Gasteiger partial charge in [-0.1, -0.05) is 0 Å². The molecule has 0 aromatic heterocycles. The number of halogens is 1. The molecule has 3 saturated carbocycles. The van der Waals surface area contributed by atoms with Crippen LogP contribution in [-0.4, -0.2) is 84.1 Å². The van der Waals surface area contributed by atoms with Crippen LogP contribution < -0.4 is 11.1 Å². The summed E-state index contributed by atoms with van der Waals surface area (Å²) in [6, 6.07) is 0. The molecular weight excluding hydrogens is 496 g/mol. The van der Waals surface area contributed by atoms with Crippen LogP contribution in [0.3, 0.4) is 0 Å². The minimum Gasteiger partial charge on any atom is -0.465 e. The normalized spacial score (nSPS) is 18.9. The summed E-state index contributed by atoms with van der Waals surface area (Å²) >= 11 is 0. The summed E-state index contributed by atoms with van der Waals surface area (Å²) in [7, 11) is 0. The van der Waals surface area contributed by atoms with Crippen molar-refractivity contribution in [3.05, 3.63) is 0 Å². The monoisotopic (exact) mass is 538 g/mol. The van der Waals surface area contributed by atoms with Gasteiger partial charge in [0.2, 0.25) is 0 Å². The smallest absolute Gasteiger partial charge is 0.408 e. The zero-order valence-corrected chi connectivity index (χ0v) is 22.6. The number of ketones is 2. The molecule has 1 amide bonds. The fourth-order valence-electron chi connectivity index (χ4n) is 3.08. The first-order valence-corrected chi connectivity index (χ1v) is 12.0. The number of carbonyl (C=O) groups is 4. The number of aliphatic hydroxyl groups excluding tert-OH is 3. The van der Waals surface area contributed by atoms with Gasteiger partial charge in [-0.3, -0.25) is 14.4 Å². The Bertz CT molecular complexity index is 755. The van der Waals surface area contributed by atoms with Gasteiger partial charge < -0.3 is 35.8 Å². The lowest BCUT2D eigenvalue weighted by atomic mass is 10.0. The number of rotatable bonds is 10. The van der Waals surface area contributed by atoms with Crippen LogP contribution >= 0.6 is 12.4 Å². The molecule has 3 rings (SSSR count). The second-order valence-electron chi connectivity index (χ2n) is 10.4. The number of carbonyl (C=O) groups excluding carboxylic acids is 4. The Hall–Kier alpha value is -1.79. The van der Waals surface area contributed by atoms with Crippen molar-refractivity contribution in [2.45, 2.75) is 71.8 Å². The van der Waals surface area contributed by atoms with Crippen molar-refractivity contribution in [2.24, 2.45) is 22.0 Å². The van der Waals surface area contributed by atoms with Gasteiger partial charge in [0.1, 0.15) is 5.60 Å². The molecule has 0 unspecified atom stereocenters. The fourth-order valence-corrected chi connectivity index (χ4v) is 3.08. The Morgan fingerprint density at radius 3 is 1.53 bits per heavy atom. The van der Waals surface area contributed by atoms with Crippen molar-refractivity contribution >= 4 is 36.0 Å². The molecule has 11 nitrogen and oxygen atoms in total. The third-order valence-corrected chi connectivity index (χ3v) is 6.34. The first kappa shape index (κ1) is 34.2. The summed E-state index contributed by atoms with van der Waals surface area (Å²) in [4.78, 5) is 44.7. The van der Waals surface area contributed by atoms with Crippen LogP contribution in [0.4, 0.5) is 4.79 Å². The second-order valence-corrected chi connectivity index (χ2v) is 10.4. The number of amides is 1. The van der Waals surface area contributed by atoms with E-state index in [2.05, 4.69) is 5.32 Å². The van der Waals surface area contributed by atoms with Gasteiger partial charge in [0, 0.05) is 0 Å². The largest absolute Gasteiger partial charge is 0.465 e. The van der Waals surface area contributed by atoms with E-state index in [0.29, 0.717) is 19.4 Å². The molecule has 36 heavy (non-hydrogen) atoms. The molecule has 3 fully saturated rings. The van der Waals surface area contributed by atoms with Crippen LogP contribution in [0.25, 0.3) is 0 Å². The molecule has 12 heteroatoms. The minimum absolute atomic E-state index is 0.